The van der Waals surface area contributed by atoms with Crippen LogP contribution >= 0.6 is 23.2 Å². The summed E-state index contributed by atoms with van der Waals surface area (Å²) in [6.07, 6.45) is 0. The Hall–Kier alpha value is -2.33. The standard InChI is InChI=1S/C19H15Cl2FN2O4S2/c1-12-6-8-14(23-29(25,26)18-9-7-13(22)10-16(18)21)11-19(12)30(27,28)24-17-5-3-2-4-15(17)20/h2-11,23-24H,1H3. The molecule has 3 aromatic carbocycles. The maximum atomic E-state index is 13.2. The van der Waals surface area contributed by atoms with Crippen LogP contribution in [-0.2, 0) is 20.0 Å². The van der Waals surface area contributed by atoms with Crippen LogP contribution < -0.4 is 9.44 Å². The molecule has 6 nitrogen and oxygen atoms in total. The Kier molecular flexibility index (Phi) is 6.28. The van der Waals surface area contributed by atoms with Crippen molar-refractivity contribution in [3.8, 4) is 0 Å². The molecule has 0 saturated carbocycles. The minimum absolute atomic E-state index is 0.0134. The average Bonchev–Trinajstić information content (AvgIpc) is 2.64. The van der Waals surface area contributed by atoms with E-state index in [0.29, 0.717) is 5.56 Å². The lowest BCUT2D eigenvalue weighted by atomic mass is 10.2. The topological polar surface area (TPSA) is 92.3 Å². The third-order valence-electron chi connectivity index (χ3n) is 4.03. The van der Waals surface area contributed by atoms with Gasteiger partial charge < -0.3 is 0 Å². The molecule has 0 aromatic heterocycles. The Bertz CT molecular complexity index is 1330. The van der Waals surface area contributed by atoms with E-state index in [2.05, 4.69) is 9.44 Å². The van der Waals surface area contributed by atoms with Gasteiger partial charge in [0.1, 0.15) is 10.7 Å². The van der Waals surface area contributed by atoms with Gasteiger partial charge in [0.05, 0.1) is 26.3 Å². The highest BCUT2D eigenvalue weighted by Gasteiger charge is 2.22. The van der Waals surface area contributed by atoms with Gasteiger partial charge in [0.15, 0.2) is 0 Å². The number of nitrogens with one attached hydrogen (secondary N) is 2. The minimum Gasteiger partial charge on any atom is -0.280 e. The fourth-order valence-corrected chi connectivity index (χ4v) is 5.77. The van der Waals surface area contributed by atoms with Crippen LogP contribution in [0.15, 0.2) is 70.5 Å². The lowest BCUT2D eigenvalue weighted by Crippen LogP contribution is -2.17. The molecule has 0 atom stereocenters. The Balaban J connectivity index is 1.96. The van der Waals surface area contributed by atoms with Gasteiger partial charge in [-0.25, -0.2) is 21.2 Å². The zero-order valence-electron chi connectivity index (χ0n) is 15.4. The smallest absolute Gasteiger partial charge is 0.263 e. The van der Waals surface area contributed by atoms with Crippen LogP contribution in [0.3, 0.4) is 0 Å². The Morgan fingerprint density at radius 1 is 0.767 bits per heavy atom. The zero-order valence-corrected chi connectivity index (χ0v) is 18.5. The summed E-state index contributed by atoms with van der Waals surface area (Å²) in [5, 5.41) is -0.0932. The molecule has 0 bridgehead atoms. The average molecular weight is 489 g/mol. The van der Waals surface area contributed by atoms with E-state index in [-0.39, 0.29) is 31.2 Å². The summed E-state index contributed by atoms with van der Waals surface area (Å²) in [7, 11) is -8.25. The number of anilines is 2. The van der Waals surface area contributed by atoms with Gasteiger partial charge in [0.25, 0.3) is 20.0 Å². The van der Waals surface area contributed by atoms with Crippen molar-refractivity contribution in [2.24, 2.45) is 0 Å². The van der Waals surface area contributed by atoms with E-state index >= 15 is 0 Å². The van der Waals surface area contributed by atoms with Crippen LogP contribution in [0.2, 0.25) is 10.0 Å². The van der Waals surface area contributed by atoms with Gasteiger partial charge in [-0.2, -0.15) is 0 Å². The molecular weight excluding hydrogens is 474 g/mol. The molecule has 30 heavy (non-hydrogen) atoms. The van der Waals surface area contributed by atoms with Crippen LogP contribution in [0.25, 0.3) is 0 Å². The molecular formula is C19H15Cl2FN2O4S2. The van der Waals surface area contributed by atoms with E-state index in [1.165, 1.54) is 30.3 Å². The molecule has 11 heteroatoms. The fourth-order valence-electron chi connectivity index (χ4n) is 2.60. The second kappa shape index (κ2) is 8.43. The van der Waals surface area contributed by atoms with Crippen molar-refractivity contribution in [1.29, 1.82) is 0 Å². The van der Waals surface area contributed by atoms with Crippen LogP contribution in [0, 0.1) is 12.7 Å². The normalized spacial score (nSPS) is 11.9. The van der Waals surface area contributed by atoms with E-state index < -0.39 is 25.9 Å². The summed E-state index contributed by atoms with van der Waals surface area (Å²) in [4.78, 5) is -0.488. The quantitative estimate of drug-likeness (QED) is 0.508. The Morgan fingerprint density at radius 3 is 2.10 bits per heavy atom. The second-order valence-electron chi connectivity index (χ2n) is 6.25. The molecule has 3 rings (SSSR count). The minimum atomic E-state index is -4.19. The van der Waals surface area contributed by atoms with Crippen molar-refractivity contribution in [1.82, 2.24) is 0 Å². The predicted octanol–water partition coefficient (Wildman–Crippen LogP) is 5.04. The molecule has 0 amide bonds. The predicted molar refractivity (Wildman–Crippen MR) is 116 cm³/mol. The maximum absolute atomic E-state index is 13.2. The summed E-state index contributed by atoms with van der Waals surface area (Å²) in [5.41, 5.74) is 0.556. The summed E-state index contributed by atoms with van der Waals surface area (Å²) in [5.74, 6) is -0.687. The first-order valence-electron chi connectivity index (χ1n) is 8.35. The van der Waals surface area contributed by atoms with E-state index in [1.807, 2.05) is 0 Å². The number of para-hydroxylation sites is 1. The number of aryl methyl sites for hydroxylation is 1. The van der Waals surface area contributed by atoms with E-state index in [4.69, 9.17) is 23.2 Å². The molecule has 0 heterocycles. The first-order chi connectivity index (χ1) is 14.0. The number of rotatable bonds is 6. The van der Waals surface area contributed by atoms with Crippen molar-refractivity contribution in [2.45, 2.75) is 16.7 Å². The maximum Gasteiger partial charge on any atom is 0.263 e. The fraction of sp³-hybridized carbons (Fsp3) is 0.0526. The van der Waals surface area contributed by atoms with Crippen LogP contribution in [0.4, 0.5) is 15.8 Å². The van der Waals surface area contributed by atoms with Gasteiger partial charge in [-0.15, -0.1) is 0 Å². The molecule has 2 N–H and O–H groups in total. The lowest BCUT2D eigenvalue weighted by molar-refractivity contribution is 0.597. The molecule has 0 aliphatic carbocycles. The summed E-state index contributed by atoms with van der Waals surface area (Å²) in [6, 6.07) is 13.2. The third-order valence-corrected chi connectivity index (χ3v) is 7.73. The lowest BCUT2D eigenvalue weighted by Gasteiger charge is -2.14. The number of benzene rings is 3. The van der Waals surface area contributed by atoms with Crippen LogP contribution in [-0.4, -0.2) is 16.8 Å². The van der Waals surface area contributed by atoms with Gasteiger partial charge in [-0.1, -0.05) is 41.4 Å². The first kappa shape index (κ1) is 22.4. The van der Waals surface area contributed by atoms with Crippen LogP contribution in [0.1, 0.15) is 5.56 Å². The summed E-state index contributed by atoms with van der Waals surface area (Å²) < 4.78 is 68.8. The van der Waals surface area contributed by atoms with Gasteiger partial charge in [0.2, 0.25) is 0 Å². The highest BCUT2D eigenvalue weighted by Crippen LogP contribution is 2.29. The first-order valence-corrected chi connectivity index (χ1v) is 12.1. The number of hydrogen-bond acceptors (Lipinski definition) is 4. The summed E-state index contributed by atoms with van der Waals surface area (Å²) in [6.45, 7) is 1.57. The SMILES string of the molecule is Cc1ccc(NS(=O)(=O)c2ccc(F)cc2Cl)cc1S(=O)(=O)Nc1ccccc1Cl. The zero-order chi connectivity index (χ0) is 22.1. The van der Waals surface area contributed by atoms with Gasteiger partial charge in [-0.3, -0.25) is 9.44 Å². The van der Waals surface area contributed by atoms with Crippen LogP contribution in [0.5, 0.6) is 0 Å². The van der Waals surface area contributed by atoms with E-state index in [0.717, 1.165) is 18.2 Å². The van der Waals surface area contributed by atoms with Gasteiger partial charge in [0, 0.05) is 0 Å². The monoisotopic (exact) mass is 488 g/mol. The van der Waals surface area contributed by atoms with Crippen molar-refractivity contribution in [2.75, 3.05) is 9.44 Å². The number of hydrogen-bond donors (Lipinski definition) is 2. The largest absolute Gasteiger partial charge is 0.280 e. The molecule has 0 spiro atoms. The number of halogens is 3. The second-order valence-corrected chi connectivity index (χ2v) is 10.4. The van der Waals surface area contributed by atoms with Crippen molar-refractivity contribution < 1.29 is 21.2 Å². The van der Waals surface area contributed by atoms with Crippen molar-refractivity contribution in [3.63, 3.8) is 0 Å². The Morgan fingerprint density at radius 2 is 1.43 bits per heavy atom. The molecule has 0 saturated heterocycles. The third kappa shape index (κ3) is 4.86. The van der Waals surface area contributed by atoms with E-state index in [1.54, 1.807) is 19.1 Å². The van der Waals surface area contributed by atoms with Crippen molar-refractivity contribution >= 4 is 54.6 Å². The molecule has 0 aliphatic rings. The van der Waals surface area contributed by atoms with Gasteiger partial charge >= 0.3 is 0 Å². The molecule has 0 unspecified atom stereocenters. The van der Waals surface area contributed by atoms with Gasteiger partial charge in [-0.05, 0) is 55.0 Å². The van der Waals surface area contributed by atoms with Crippen molar-refractivity contribution in [3.05, 3.63) is 82.1 Å². The highest BCUT2D eigenvalue weighted by molar-refractivity contribution is 7.93. The van der Waals surface area contributed by atoms with E-state index in [9.17, 15) is 21.2 Å². The molecule has 0 aliphatic heterocycles. The summed E-state index contributed by atoms with van der Waals surface area (Å²) >= 11 is 11.8. The highest BCUT2D eigenvalue weighted by atomic mass is 35.5. The molecule has 0 radical (unpaired) electrons. The Labute approximate surface area is 183 Å². The molecule has 0 fully saturated rings. The molecule has 158 valence electrons. The number of sulfonamides is 2. The molecule has 3 aromatic rings.